The summed E-state index contributed by atoms with van der Waals surface area (Å²) in [7, 11) is -1.27. The van der Waals surface area contributed by atoms with E-state index in [2.05, 4.69) is 10.0 Å². The maximum absolute atomic E-state index is 12.2. The molecule has 0 radical (unpaired) electrons. The van der Waals surface area contributed by atoms with Crippen molar-refractivity contribution in [1.29, 1.82) is 0 Å². The zero-order valence-electron chi connectivity index (χ0n) is 15.8. The van der Waals surface area contributed by atoms with Crippen LogP contribution in [0.4, 0.5) is 5.69 Å². The predicted octanol–water partition coefficient (Wildman–Crippen LogP) is 1.96. The number of nitrogens with one attached hydrogen (secondary N) is 2. The molecule has 1 amide bonds. The molecule has 9 heteroatoms. The van der Waals surface area contributed by atoms with Crippen LogP contribution in [0.5, 0.6) is 5.75 Å². The number of esters is 1. The maximum Gasteiger partial charge on any atom is 0.338 e. The van der Waals surface area contributed by atoms with Gasteiger partial charge >= 0.3 is 5.97 Å². The van der Waals surface area contributed by atoms with Gasteiger partial charge in [0.15, 0.2) is 6.61 Å². The molecule has 0 aliphatic carbocycles. The number of rotatable bonds is 8. The fraction of sp³-hybridized carbons (Fsp3) is 0.263. The minimum atomic E-state index is -3.84. The molecule has 2 aromatic rings. The van der Waals surface area contributed by atoms with Crippen LogP contribution >= 0.6 is 0 Å². The SMILES string of the molecule is CCc1ccc(NC(=O)COC(=O)c2ccc(OC)c(S(=O)(=O)NC)c2)cc1. The Bertz CT molecular complexity index is 955. The van der Waals surface area contributed by atoms with Gasteiger partial charge in [0.2, 0.25) is 10.0 Å². The first-order valence-electron chi connectivity index (χ1n) is 8.48. The van der Waals surface area contributed by atoms with Crippen molar-refractivity contribution >= 4 is 27.6 Å². The number of hydrogen-bond donors (Lipinski definition) is 2. The summed E-state index contributed by atoms with van der Waals surface area (Å²) in [6.07, 6.45) is 0.888. The highest BCUT2D eigenvalue weighted by atomic mass is 32.2. The van der Waals surface area contributed by atoms with E-state index in [1.165, 1.54) is 26.3 Å². The Morgan fingerprint density at radius 3 is 2.32 bits per heavy atom. The van der Waals surface area contributed by atoms with Gasteiger partial charge in [-0.25, -0.2) is 17.9 Å². The number of sulfonamides is 1. The van der Waals surface area contributed by atoms with Gasteiger partial charge in [0, 0.05) is 5.69 Å². The summed E-state index contributed by atoms with van der Waals surface area (Å²) in [5.41, 5.74) is 1.70. The average Bonchev–Trinajstić information content (AvgIpc) is 2.72. The third-order valence-corrected chi connectivity index (χ3v) is 5.37. The molecule has 2 N–H and O–H groups in total. The van der Waals surface area contributed by atoms with Gasteiger partial charge in [0.1, 0.15) is 10.6 Å². The zero-order chi connectivity index (χ0) is 20.7. The van der Waals surface area contributed by atoms with Crippen LogP contribution in [0.25, 0.3) is 0 Å². The molecule has 0 spiro atoms. The fourth-order valence-electron chi connectivity index (χ4n) is 2.36. The Balaban J connectivity index is 2.04. The van der Waals surface area contributed by atoms with Gasteiger partial charge in [-0.1, -0.05) is 19.1 Å². The van der Waals surface area contributed by atoms with Crippen molar-refractivity contribution in [1.82, 2.24) is 4.72 Å². The number of amides is 1. The van der Waals surface area contributed by atoms with E-state index >= 15 is 0 Å². The molecule has 0 saturated carbocycles. The molecule has 0 aliphatic rings. The van der Waals surface area contributed by atoms with Gasteiger partial charge in [-0.05, 0) is 49.4 Å². The standard InChI is InChI=1S/C19H22N2O6S/c1-4-13-5-8-15(9-6-13)21-18(22)12-27-19(23)14-7-10-16(26-3)17(11-14)28(24,25)20-2/h5-11,20H,4,12H2,1-3H3,(H,21,22). The summed E-state index contributed by atoms with van der Waals surface area (Å²) in [5, 5.41) is 2.62. The maximum atomic E-state index is 12.2. The molecule has 150 valence electrons. The number of hydrogen-bond acceptors (Lipinski definition) is 6. The largest absolute Gasteiger partial charge is 0.495 e. The summed E-state index contributed by atoms with van der Waals surface area (Å²) in [5.74, 6) is -1.25. The van der Waals surface area contributed by atoms with Crippen LogP contribution in [0.1, 0.15) is 22.8 Å². The van der Waals surface area contributed by atoms with Crippen LogP contribution in [-0.2, 0) is 26.0 Å². The van der Waals surface area contributed by atoms with E-state index < -0.39 is 28.5 Å². The third-order valence-electron chi connectivity index (χ3n) is 3.94. The van der Waals surface area contributed by atoms with E-state index in [9.17, 15) is 18.0 Å². The number of aryl methyl sites for hydroxylation is 1. The molecule has 2 aromatic carbocycles. The molecule has 0 heterocycles. The van der Waals surface area contributed by atoms with E-state index in [0.717, 1.165) is 18.1 Å². The topological polar surface area (TPSA) is 111 Å². The van der Waals surface area contributed by atoms with Crippen LogP contribution in [0.2, 0.25) is 0 Å². The Kier molecular flexibility index (Phi) is 7.13. The number of anilines is 1. The number of carbonyl (C=O) groups is 2. The minimum Gasteiger partial charge on any atom is -0.495 e. The van der Waals surface area contributed by atoms with Crippen LogP contribution in [0.15, 0.2) is 47.4 Å². The Morgan fingerprint density at radius 2 is 1.75 bits per heavy atom. The molecule has 0 aliphatic heterocycles. The van der Waals surface area contributed by atoms with Gasteiger partial charge in [-0.15, -0.1) is 0 Å². The van der Waals surface area contributed by atoms with Gasteiger partial charge in [-0.2, -0.15) is 0 Å². The summed E-state index contributed by atoms with van der Waals surface area (Å²) in [6.45, 7) is 1.52. The third kappa shape index (κ3) is 5.30. The van der Waals surface area contributed by atoms with Crippen molar-refractivity contribution in [2.45, 2.75) is 18.2 Å². The average molecular weight is 406 g/mol. The van der Waals surface area contributed by atoms with Crippen LogP contribution < -0.4 is 14.8 Å². The molecular weight excluding hydrogens is 384 g/mol. The number of benzene rings is 2. The van der Waals surface area contributed by atoms with Gasteiger partial charge < -0.3 is 14.8 Å². The smallest absolute Gasteiger partial charge is 0.338 e. The van der Waals surface area contributed by atoms with Crippen LogP contribution in [0.3, 0.4) is 0 Å². The lowest BCUT2D eigenvalue weighted by Gasteiger charge is -2.11. The van der Waals surface area contributed by atoms with Gasteiger partial charge in [-0.3, -0.25) is 4.79 Å². The molecular formula is C19H22N2O6S. The van der Waals surface area contributed by atoms with Gasteiger partial charge in [0.25, 0.3) is 5.91 Å². The minimum absolute atomic E-state index is 0.0188. The Labute approximate surface area is 163 Å². The molecule has 0 unspecified atom stereocenters. The molecule has 0 saturated heterocycles. The summed E-state index contributed by atoms with van der Waals surface area (Å²) in [4.78, 5) is 24.0. The van der Waals surface area contributed by atoms with Crippen molar-refractivity contribution in [3.63, 3.8) is 0 Å². The summed E-state index contributed by atoms with van der Waals surface area (Å²) < 4.78 is 36.3. The second-order valence-electron chi connectivity index (χ2n) is 5.75. The van der Waals surface area contributed by atoms with Crippen molar-refractivity contribution in [2.75, 3.05) is 26.1 Å². The number of ether oxygens (including phenoxy) is 2. The Morgan fingerprint density at radius 1 is 1.07 bits per heavy atom. The van der Waals surface area contributed by atoms with Crippen molar-refractivity contribution in [2.24, 2.45) is 0 Å². The molecule has 0 fully saturated rings. The monoisotopic (exact) mass is 406 g/mol. The predicted molar refractivity (Wildman–Crippen MR) is 104 cm³/mol. The van der Waals surface area contributed by atoms with E-state index in [1.54, 1.807) is 12.1 Å². The molecule has 0 atom stereocenters. The van der Waals surface area contributed by atoms with E-state index in [-0.39, 0.29) is 16.2 Å². The molecule has 0 aromatic heterocycles. The molecule has 28 heavy (non-hydrogen) atoms. The van der Waals surface area contributed by atoms with Crippen molar-refractivity contribution in [3.8, 4) is 5.75 Å². The van der Waals surface area contributed by atoms with Crippen molar-refractivity contribution in [3.05, 3.63) is 53.6 Å². The number of methoxy groups -OCH3 is 1. The summed E-state index contributed by atoms with van der Waals surface area (Å²) in [6, 6.07) is 11.1. The quantitative estimate of drug-likeness (QED) is 0.649. The van der Waals surface area contributed by atoms with Crippen molar-refractivity contribution < 1.29 is 27.5 Å². The van der Waals surface area contributed by atoms with Gasteiger partial charge in [0.05, 0.1) is 12.7 Å². The van der Waals surface area contributed by atoms with Crippen LogP contribution in [-0.4, -0.2) is 41.1 Å². The lowest BCUT2D eigenvalue weighted by Crippen LogP contribution is -2.22. The summed E-state index contributed by atoms with van der Waals surface area (Å²) >= 11 is 0. The Hall–Kier alpha value is -2.91. The second-order valence-corrected chi connectivity index (χ2v) is 7.60. The molecule has 0 bridgehead atoms. The van der Waals surface area contributed by atoms with E-state index in [4.69, 9.17) is 9.47 Å². The first-order valence-corrected chi connectivity index (χ1v) is 9.96. The van der Waals surface area contributed by atoms with Crippen LogP contribution in [0, 0.1) is 0 Å². The molecule has 8 nitrogen and oxygen atoms in total. The first kappa shape index (κ1) is 21.4. The highest BCUT2D eigenvalue weighted by molar-refractivity contribution is 7.89. The number of carbonyl (C=O) groups excluding carboxylic acids is 2. The first-order chi connectivity index (χ1) is 13.3. The lowest BCUT2D eigenvalue weighted by molar-refractivity contribution is -0.119. The fourth-order valence-corrected chi connectivity index (χ4v) is 3.28. The molecule has 2 rings (SSSR count). The second kappa shape index (κ2) is 9.34. The highest BCUT2D eigenvalue weighted by Crippen LogP contribution is 2.25. The highest BCUT2D eigenvalue weighted by Gasteiger charge is 2.21. The lowest BCUT2D eigenvalue weighted by atomic mass is 10.1. The normalized spacial score (nSPS) is 11.0. The van der Waals surface area contributed by atoms with E-state index in [1.807, 2.05) is 19.1 Å². The van der Waals surface area contributed by atoms with E-state index in [0.29, 0.717) is 5.69 Å². The zero-order valence-corrected chi connectivity index (χ0v) is 16.6.